The number of unbranched alkanes of at least 4 members (excludes halogenated alkanes) is 1. The van der Waals surface area contributed by atoms with E-state index in [0.717, 1.165) is 17.3 Å². The molecule has 3 rings (SSSR count). The van der Waals surface area contributed by atoms with Gasteiger partial charge in [0.25, 0.3) is 10.1 Å². The van der Waals surface area contributed by atoms with Crippen molar-refractivity contribution in [1.82, 2.24) is 4.48 Å². The average molecular weight is 346 g/mol. The molecular formula is C19H24NO3S+. The van der Waals surface area contributed by atoms with Gasteiger partial charge in [0.15, 0.2) is 5.69 Å². The third kappa shape index (κ3) is 2.99. The van der Waals surface area contributed by atoms with Gasteiger partial charge in [-0.25, -0.2) is 0 Å². The van der Waals surface area contributed by atoms with Crippen molar-refractivity contribution in [3.63, 3.8) is 0 Å². The zero-order valence-corrected chi connectivity index (χ0v) is 15.2. The molecule has 0 bridgehead atoms. The summed E-state index contributed by atoms with van der Waals surface area (Å²) < 4.78 is 31.4. The van der Waals surface area contributed by atoms with Crippen LogP contribution in [-0.2, 0) is 10.1 Å². The molecule has 0 unspecified atom stereocenters. The second-order valence-corrected chi connectivity index (χ2v) is 8.52. The molecule has 0 saturated carbocycles. The van der Waals surface area contributed by atoms with Crippen LogP contribution in [0.15, 0.2) is 42.1 Å². The van der Waals surface area contributed by atoms with Crippen LogP contribution in [-0.4, -0.2) is 32.8 Å². The molecular weight excluding hydrogens is 322 g/mol. The number of nitrogens with zero attached hydrogens (tertiary/aromatic N) is 1. The molecule has 0 fully saturated rings. The van der Waals surface area contributed by atoms with Gasteiger partial charge in [0, 0.05) is 23.4 Å². The standard InChI is InChI=1S/C19H23NO3S/c1-14-16(9-6-7-13-24(21,22)23)18-12-11-15-8-4-5-10-17(15)19(18)20(14,2)3/h4-5,8,10-12H,6-7,9,13H2,1-3H3/p+1. The van der Waals surface area contributed by atoms with E-state index in [9.17, 15) is 8.42 Å². The van der Waals surface area contributed by atoms with Gasteiger partial charge in [-0.3, -0.25) is 9.04 Å². The van der Waals surface area contributed by atoms with Crippen molar-refractivity contribution < 1.29 is 13.0 Å². The molecule has 0 aliphatic carbocycles. The van der Waals surface area contributed by atoms with E-state index in [1.54, 1.807) is 0 Å². The molecule has 0 amide bonds. The second-order valence-electron chi connectivity index (χ2n) is 6.94. The number of fused-ring (bicyclic) bond motifs is 3. The maximum Gasteiger partial charge on any atom is 0.264 e. The molecule has 0 spiro atoms. The number of allylic oxidation sites excluding steroid dienone is 2. The summed E-state index contributed by atoms with van der Waals surface area (Å²) in [4.78, 5) is 0. The second kappa shape index (κ2) is 5.99. The number of benzene rings is 2. The zero-order valence-electron chi connectivity index (χ0n) is 14.4. The van der Waals surface area contributed by atoms with Crippen LogP contribution in [0.2, 0.25) is 0 Å². The maximum atomic E-state index is 10.9. The Morgan fingerprint density at radius 1 is 1.04 bits per heavy atom. The normalized spacial score (nSPS) is 16.7. The lowest BCUT2D eigenvalue weighted by Crippen LogP contribution is -2.36. The molecule has 4 nitrogen and oxygen atoms in total. The summed E-state index contributed by atoms with van der Waals surface area (Å²) in [6.07, 6.45) is 2.05. The Morgan fingerprint density at radius 2 is 1.75 bits per heavy atom. The lowest BCUT2D eigenvalue weighted by atomic mass is 9.97. The minimum absolute atomic E-state index is 0.165. The Balaban J connectivity index is 1.95. The van der Waals surface area contributed by atoms with Crippen molar-refractivity contribution in [3.05, 3.63) is 47.7 Å². The summed E-state index contributed by atoms with van der Waals surface area (Å²) in [5.74, 6) is -0.165. The third-order valence-corrected chi connectivity index (χ3v) is 5.94. The van der Waals surface area contributed by atoms with Crippen molar-refractivity contribution in [2.75, 3.05) is 19.8 Å². The van der Waals surface area contributed by atoms with Gasteiger partial charge in [-0.2, -0.15) is 8.42 Å². The van der Waals surface area contributed by atoms with Crippen molar-refractivity contribution >= 4 is 32.2 Å². The highest BCUT2D eigenvalue weighted by atomic mass is 32.2. The number of hydrogen-bond acceptors (Lipinski definition) is 2. The lowest BCUT2D eigenvalue weighted by molar-refractivity contribution is 0.480. The van der Waals surface area contributed by atoms with E-state index in [1.807, 2.05) is 0 Å². The van der Waals surface area contributed by atoms with Crippen molar-refractivity contribution in [3.8, 4) is 0 Å². The van der Waals surface area contributed by atoms with Crippen LogP contribution < -0.4 is 4.48 Å². The molecule has 2 aromatic carbocycles. The monoisotopic (exact) mass is 346 g/mol. The average Bonchev–Trinajstić information content (AvgIpc) is 2.71. The summed E-state index contributed by atoms with van der Waals surface area (Å²) >= 11 is 0. The molecule has 0 aromatic heterocycles. The minimum atomic E-state index is -3.87. The predicted octanol–water partition coefficient (Wildman–Crippen LogP) is 4.21. The number of rotatable bonds is 5. The first-order valence-corrected chi connectivity index (χ1v) is 9.85. The van der Waals surface area contributed by atoms with Gasteiger partial charge in [-0.1, -0.05) is 24.3 Å². The van der Waals surface area contributed by atoms with Crippen LogP contribution in [0, 0.1) is 0 Å². The van der Waals surface area contributed by atoms with Crippen molar-refractivity contribution in [2.45, 2.75) is 26.2 Å². The number of quaternary nitrogens is 1. The fourth-order valence-corrected chi connectivity index (χ4v) is 4.27. The third-order valence-electron chi connectivity index (χ3n) is 5.14. The molecule has 0 radical (unpaired) electrons. The van der Waals surface area contributed by atoms with Gasteiger partial charge in [0.2, 0.25) is 0 Å². The van der Waals surface area contributed by atoms with Gasteiger partial charge in [-0.05, 0) is 36.8 Å². The van der Waals surface area contributed by atoms with Gasteiger partial charge in [0.05, 0.1) is 19.8 Å². The largest absolute Gasteiger partial charge is 0.286 e. The zero-order chi connectivity index (χ0) is 17.5. The topological polar surface area (TPSA) is 54.4 Å². The van der Waals surface area contributed by atoms with E-state index in [4.69, 9.17) is 4.55 Å². The molecule has 24 heavy (non-hydrogen) atoms. The first-order chi connectivity index (χ1) is 11.2. The SMILES string of the molecule is CC1=C(CCCCS(=O)(=O)O)c2ccc3ccccc3c2[N+]1(C)C. The Kier molecular flexibility index (Phi) is 4.28. The van der Waals surface area contributed by atoms with E-state index in [2.05, 4.69) is 57.4 Å². The Morgan fingerprint density at radius 3 is 2.46 bits per heavy atom. The molecule has 1 aliphatic rings. The molecule has 0 atom stereocenters. The van der Waals surface area contributed by atoms with Gasteiger partial charge < -0.3 is 0 Å². The molecule has 0 saturated heterocycles. The summed E-state index contributed by atoms with van der Waals surface area (Å²) in [7, 11) is 0.535. The molecule has 5 heteroatoms. The highest BCUT2D eigenvalue weighted by molar-refractivity contribution is 7.85. The summed E-state index contributed by atoms with van der Waals surface area (Å²) in [6.45, 7) is 2.16. The van der Waals surface area contributed by atoms with Crippen LogP contribution in [0.3, 0.4) is 0 Å². The summed E-state index contributed by atoms with van der Waals surface area (Å²) in [5, 5.41) is 2.51. The Bertz CT molecular complexity index is 927. The molecule has 1 heterocycles. The summed E-state index contributed by atoms with van der Waals surface area (Å²) in [5.41, 5.74) is 5.18. The smallest absolute Gasteiger partial charge is 0.264 e. The van der Waals surface area contributed by atoms with E-state index in [0.29, 0.717) is 6.42 Å². The summed E-state index contributed by atoms with van der Waals surface area (Å²) in [6, 6.07) is 12.8. The lowest BCUT2D eigenvalue weighted by Gasteiger charge is -2.27. The fourth-order valence-electron chi connectivity index (χ4n) is 3.70. The van der Waals surface area contributed by atoms with E-state index in [-0.39, 0.29) is 5.75 Å². The van der Waals surface area contributed by atoms with Gasteiger partial charge in [0.1, 0.15) is 5.70 Å². The van der Waals surface area contributed by atoms with Crippen molar-refractivity contribution in [1.29, 1.82) is 0 Å². The highest BCUT2D eigenvalue weighted by Crippen LogP contribution is 2.48. The van der Waals surface area contributed by atoms with E-state index in [1.165, 1.54) is 33.3 Å². The van der Waals surface area contributed by atoms with Crippen molar-refractivity contribution in [2.24, 2.45) is 0 Å². The maximum absolute atomic E-state index is 10.9. The Hall–Kier alpha value is -1.69. The van der Waals surface area contributed by atoms with Gasteiger partial charge >= 0.3 is 0 Å². The molecule has 128 valence electrons. The highest BCUT2D eigenvalue weighted by Gasteiger charge is 2.37. The van der Waals surface area contributed by atoms with E-state index < -0.39 is 10.1 Å². The predicted molar refractivity (Wildman–Crippen MR) is 100 cm³/mol. The fraction of sp³-hybridized carbons (Fsp3) is 0.368. The van der Waals surface area contributed by atoms with Gasteiger partial charge in [-0.15, -0.1) is 0 Å². The minimum Gasteiger partial charge on any atom is -0.286 e. The molecule has 1 aliphatic heterocycles. The Labute approximate surface area is 143 Å². The first kappa shape index (κ1) is 17.1. The number of hydrogen-bond donors (Lipinski definition) is 1. The molecule has 1 N–H and O–H groups in total. The van der Waals surface area contributed by atoms with E-state index >= 15 is 0 Å². The van der Waals surface area contributed by atoms with Crippen LogP contribution in [0.25, 0.3) is 16.3 Å². The van der Waals surface area contributed by atoms with Crippen LogP contribution in [0.4, 0.5) is 5.69 Å². The van der Waals surface area contributed by atoms with Crippen LogP contribution >= 0.6 is 0 Å². The van der Waals surface area contributed by atoms with Crippen LogP contribution in [0.1, 0.15) is 31.7 Å². The van der Waals surface area contributed by atoms with Crippen LogP contribution in [0.5, 0.6) is 0 Å². The first-order valence-electron chi connectivity index (χ1n) is 8.24. The molecule has 2 aromatic rings. The quantitative estimate of drug-likeness (QED) is 0.501.